The minimum atomic E-state index is -3.50. The van der Waals surface area contributed by atoms with Gasteiger partial charge < -0.3 is 5.32 Å². The molecule has 0 aliphatic rings. The molecule has 0 amide bonds. The summed E-state index contributed by atoms with van der Waals surface area (Å²) in [6.07, 6.45) is 3.35. The monoisotopic (exact) mass is 288 g/mol. The van der Waals surface area contributed by atoms with E-state index in [2.05, 4.69) is 22.4 Å². The Bertz CT molecular complexity index is 484. The fraction of sp³-hybridized carbons (Fsp3) is 0.750. The number of hydrogen-bond acceptors (Lipinski definition) is 4. The second-order valence-corrected chi connectivity index (χ2v) is 6.61. The summed E-state index contributed by atoms with van der Waals surface area (Å²) in [5.41, 5.74) is 0.684. The molecular formula is C12H24N4O2S. The molecule has 0 fully saturated rings. The van der Waals surface area contributed by atoms with Gasteiger partial charge in [0, 0.05) is 25.2 Å². The van der Waals surface area contributed by atoms with Gasteiger partial charge in [0.05, 0.1) is 6.20 Å². The Morgan fingerprint density at radius 3 is 2.74 bits per heavy atom. The summed E-state index contributed by atoms with van der Waals surface area (Å²) in [6.45, 7) is 7.28. The van der Waals surface area contributed by atoms with Gasteiger partial charge in [-0.05, 0) is 26.3 Å². The molecule has 1 unspecified atom stereocenters. The van der Waals surface area contributed by atoms with Gasteiger partial charge in [-0.1, -0.05) is 13.8 Å². The van der Waals surface area contributed by atoms with Gasteiger partial charge in [-0.2, -0.15) is 9.40 Å². The standard InChI is InChI=1S/C12H24N4O2S/c1-5-7-13-8-11-9-14-15-12(11)19(17,18)16(4)10(3)6-2/h9-10,13H,5-8H2,1-4H3,(H,14,15). The zero-order chi connectivity index (χ0) is 14.5. The lowest BCUT2D eigenvalue weighted by Crippen LogP contribution is -2.35. The molecule has 0 radical (unpaired) electrons. The van der Waals surface area contributed by atoms with Gasteiger partial charge in [-0.25, -0.2) is 8.42 Å². The third-order valence-electron chi connectivity index (χ3n) is 3.27. The Morgan fingerprint density at radius 1 is 1.47 bits per heavy atom. The Kier molecular flexibility index (Phi) is 5.96. The van der Waals surface area contributed by atoms with Crippen molar-refractivity contribution >= 4 is 10.0 Å². The molecule has 1 heterocycles. The van der Waals surface area contributed by atoms with Crippen LogP contribution < -0.4 is 5.32 Å². The van der Waals surface area contributed by atoms with E-state index in [0.29, 0.717) is 12.1 Å². The third-order valence-corrected chi connectivity index (χ3v) is 5.26. The minimum Gasteiger partial charge on any atom is -0.313 e. The van der Waals surface area contributed by atoms with E-state index in [9.17, 15) is 8.42 Å². The predicted octanol–water partition coefficient (Wildman–Crippen LogP) is 1.33. The minimum absolute atomic E-state index is 0.0373. The number of nitrogens with one attached hydrogen (secondary N) is 2. The van der Waals surface area contributed by atoms with E-state index in [4.69, 9.17) is 0 Å². The summed E-state index contributed by atoms with van der Waals surface area (Å²) in [4.78, 5) is 0. The number of sulfonamides is 1. The summed E-state index contributed by atoms with van der Waals surface area (Å²) >= 11 is 0. The van der Waals surface area contributed by atoms with Gasteiger partial charge in [-0.15, -0.1) is 0 Å². The van der Waals surface area contributed by atoms with Crippen LogP contribution in [0.5, 0.6) is 0 Å². The lowest BCUT2D eigenvalue weighted by molar-refractivity contribution is 0.378. The highest BCUT2D eigenvalue weighted by atomic mass is 32.2. The van der Waals surface area contributed by atoms with Crippen molar-refractivity contribution in [2.24, 2.45) is 0 Å². The molecule has 0 saturated heterocycles. The van der Waals surface area contributed by atoms with E-state index < -0.39 is 10.0 Å². The smallest absolute Gasteiger partial charge is 0.260 e. The van der Waals surface area contributed by atoms with Crippen molar-refractivity contribution in [3.05, 3.63) is 11.8 Å². The second kappa shape index (κ2) is 7.02. The molecule has 0 spiro atoms. The van der Waals surface area contributed by atoms with E-state index in [1.165, 1.54) is 4.31 Å². The van der Waals surface area contributed by atoms with Crippen LogP contribution in [0.1, 0.15) is 39.2 Å². The van der Waals surface area contributed by atoms with Crippen LogP contribution in [0, 0.1) is 0 Å². The number of aromatic nitrogens is 2. The summed E-state index contributed by atoms with van der Waals surface area (Å²) < 4.78 is 26.3. The van der Waals surface area contributed by atoms with Crippen molar-refractivity contribution in [3.63, 3.8) is 0 Å². The van der Waals surface area contributed by atoms with Crippen LogP contribution in [0.4, 0.5) is 0 Å². The predicted molar refractivity (Wildman–Crippen MR) is 75.3 cm³/mol. The van der Waals surface area contributed by atoms with Crippen molar-refractivity contribution in [2.75, 3.05) is 13.6 Å². The average molecular weight is 288 g/mol. The van der Waals surface area contributed by atoms with Gasteiger partial charge >= 0.3 is 0 Å². The van der Waals surface area contributed by atoms with Crippen LogP contribution in [0.25, 0.3) is 0 Å². The zero-order valence-corrected chi connectivity index (χ0v) is 12.9. The van der Waals surface area contributed by atoms with E-state index in [0.717, 1.165) is 19.4 Å². The molecule has 1 aromatic rings. The molecule has 1 atom stereocenters. The number of hydrogen-bond donors (Lipinski definition) is 2. The van der Waals surface area contributed by atoms with Gasteiger partial charge in [0.2, 0.25) is 0 Å². The third kappa shape index (κ3) is 3.77. The van der Waals surface area contributed by atoms with Crippen molar-refractivity contribution in [1.82, 2.24) is 19.8 Å². The molecule has 2 N–H and O–H groups in total. The lowest BCUT2D eigenvalue weighted by Gasteiger charge is -2.22. The maximum atomic E-state index is 12.5. The first-order chi connectivity index (χ1) is 8.95. The average Bonchev–Trinajstić information content (AvgIpc) is 2.86. The van der Waals surface area contributed by atoms with Crippen molar-refractivity contribution in [2.45, 2.75) is 51.2 Å². The Balaban J connectivity index is 2.93. The van der Waals surface area contributed by atoms with E-state index in [1.807, 2.05) is 13.8 Å². The molecule has 1 rings (SSSR count). The molecule has 110 valence electrons. The van der Waals surface area contributed by atoms with Gasteiger partial charge in [0.15, 0.2) is 5.03 Å². The largest absolute Gasteiger partial charge is 0.313 e. The zero-order valence-electron chi connectivity index (χ0n) is 12.1. The van der Waals surface area contributed by atoms with Crippen molar-refractivity contribution in [1.29, 1.82) is 0 Å². The van der Waals surface area contributed by atoms with Crippen LogP contribution in [0.2, 0.25) is 0 Å². The maximum Gasteiger partial charge on any atom is 0.260 e. The molecule has 0 bridgehead atoms. The molecule has 19 heavy (non-hydrogen) atoms. The number of aromatic amines is 1. The van der Waals surface area contributed by atoms with Gasteiger partial charge in [0.1, 0.15) is 0 Å². The first-order valence-electron chi connectivity index (χ1n) is 6.66. The highest BCUT2D eigenvalue weighted by molar-refractivity contribution is 7.89. The van der Waals surface area contributed by atoms with Crippen LogP contribution in [-0.2, 0) is 16.6 Å². The van der Waals surface area contributed by atoms with Crippen LogP contribution in [0.3, 0.4) is 0 Å². The fourth-order valence-electron chi connectivity index (χ4n) is 1.69. The first-order valence-corrected chi connectivity index (χ1v) is 8.10. The number of H-pyrrole nitrogens is 1. The van der Waals surface area contributed by atoms with E-state index in [-0.39, 0.29) is 11.1 Å². The molecular weight excluding hydrogens is 264 g/mol. The summed E-state index contributed by atoms with van der Waals surface area (Å²) in [6, 6.07) is -0.0373. The van der Waals surface area contributed by atoms with Crippen LogP contribution in [-0.4, -0.2) is 42.6 Å². The Morgan fingerprint density at radius 2 is 2.16 bits per heavy atom. The molecule has 7 heteroatoms. The molecule has 1 aromatic heterocycles. The van der Waals surface area contributed by atoms with Crippen molar-refractivity contribution in [3.8, 4) is 0 Å². The Labute approximate surface area is 115 Å². The van der Waals surface area contributed by atoms with Gasteiger partial charge in [0.25, 0.3) is 10.0 Å². The molecule has 0 aromatic carbocycles. The molecule has 0 saturated carbocycles. The first kappa shape index (κ1) is 16.1. The normalized spacial score (nSPS) is 13.9. The molecule has 0 aliphatic carbocycles. The second-order valence-electron chi connectivity index (χ2n) is 4.68. The Hall–Kier alpha value is -0.920. The highest BCUT2D eigenvalue weighted by Gasteiger charge is 2.28. The number of nitrogens with zero attached hydrogens (tertiary/aromatic N) is 2. The summed E-state index contributed by atoms with van der Waals surface area (Å²) in [5.74, 6) is 0. The molecule has 0 aliphatic heterocycles. The summed E-state index contributed by atoms with van der Waals surface area (Å²) in [5, 5.41) is 9.86. The highest BCUT2D eigenvalue weighted by Crippen LogP contribution is 2.19. The maximum absolute atomic E-state index is 12.5. The number of rotatable bonds is 8. The van der Waals surface area contributed by atoms with E-state index >= 15 is 0 Å². The SMILES string of the molecule is CCCNCc1cn[nH]c1S(=O)(=O)N(C)C(C)CC. The van der Waals surface area contributed by atoms with Gasteiger partial charge in [-0.3, -0.25) is 5.10 Å². The lowest BCUT2D eigenvalue weighted by atomic mass is 10.3. The van der Waals surface area contributed by atoms with E-state index in [1.54, 1.807) is 13.2 Å². The van der Waals surface area contributed by atoms with Crippen molar-refractivity contribution < 1.29 is 8.42 Å². The quantitative estimate of drug-likeness (QED) is 0.707. The fourth-order valence-corrected chi connectivity index (χ4v) is 3.22. The van der Waals surface area contributed by atoms with Crippen LogP contribution in [0.15, 0.2) is 11.2 Å². The topological polar surface area (TPSA) is 78.1 Å². The summed E-state index contributed by atoms with van der Waals surface area (Å²) in [7, 11) is -1.89. The van der Waals surface area contributed by atoms with Crippen LogP contribution >= 0.6 is 0 Å². The molecule has 6 nitrogen and oxygen atoms in total.